The number of benzene rings is 2. The fourth-order valence-electron chi connectivity index (χ4n) is 4.73. The summed E-state index contributed by atoms with van der Waals surface area (Å²) in [5.74, 6) is -0.342. The molecular weight excluding hydrogens is 482 g/mol. The van der Waals surface area contributed by atoms with Crippen molar-refractivity contribution in [2.24, 2.45) is 0 Å². The van der Waals surface area contributed by atoms with E-state index < -0.39 is 21.5 Å². The summed E-state index contributed by atoms with van der Waals surface area (Å²) in [7, 11) is -3.98. The fraction of sp³-hybridized carbons (Fsp3) is 0.385. The minimum Gasteiger partial charge on any atom is -0.486 e. The van der Waals surface area contributed by atoms with Gasteiger partial charge in [0.15, 0.2) is 21.3 Å². The smallest absolute Gasteiger partial charge is 0.242 e. The number of likely N-dealkylation sites (tertiary alicyclic amines) is 1. The first-order valence-corrected chi connectivity index (χ1v) is 13.8. The highest BCUT2D eigenvalue weighted by Gasteiger charge is 2.26. The normalized spacial score (nSPS) is 15.9. The van der Waals surface area contributed by atoms with Gasteiger partial charge in [-0.25, -0.2) is 8.42 Å². The summed E-state index contributed by atoms with van der Waals surface area (Å²) in [6.07, 6.45) is 5.68. The number of fused-ring (bicyclic) bond motifs is 2. The van der Waals surface area contributed by atoms with E-state index in [2.05, 4.69) is 5.32 Å². The lowest BCUT2D eigenvalue weighted by Gasteiger charge is -2.20. The molecule has 3 heterocycles. The van der Waals surface area contributed by atoms with Crippen molar-refractivity contribution < 1.29 is 27.5 Å². The maximum absolute atomic E-state index is 13.3. The molecule has 10 heteroatoms. The third-order valence-electron chi connectivity index (χ3n) is 6.50. The molecule has 2 aromatic carbocycles. The Balaban J connectivity index is 1.34. The Bertz CT molecular complexity index is 1390. The van der Waals surface area contributed by atoms with E-state index in [-0.39, 0.29) is 17.3 Å². The number of hydrogen-bond acceptors (Lipinski definition) is 6. The molecule has 0 saturated carbocycles. The number of para-hydroxylation sites is 1. The van der Waals surface area contributed by atoms with Crippen LogP contribution in [0.15, 0.2) is 53.6 Å². The summed E-state index contributed by atoms with van der Waals surface area (Å²) in [5.41, 5.74) is 1.07. The van der Waals surface area contributed by atoms with E-state index in [0.29, 0.717) is 41.3 Å². The molecule has 3 aromatic rings. The lowest BCUT2D eigenvalue weighted by atomic mass is 10.2. The maximum Gasteiger partial charge on any atom is 0.242 e. The van der Waals surface area contributed by atoms with Gasteiger partial charge in [-0.05, 0) is 31.0 Å². The highest BCUT2D eigenvalue weighted by atomic mass is 32.2. The van der Waals surface area contributed by atoms with Crippen LogP contribution < -0.4 is 14.8 Å². The molecule has 0 atom stereocenters. The zero-order chi connectivity index (χ0) is 25.1. The summed E-state index contributed by atoms with van der Waals surface area (Å²) in [4.78, 5) is 27.6. The van der Waals surface area contributed by atoms with E-state index in [1.165, 1.54) is 6.20 Å². The quantitative estimate of drug-likeness (QED) is 0.545. The van der Waals surface area contributed by atoms with E-state index in [0.717, 1.165) is 38.8 Å². The fourth-order valence-corrected chi connectivity index (χ4v) is 6.09. The number of rotatable bonds is 6. The number of amides is 2. The summed E-state index contributed by atoms with van der Waals surface area (Å²) in [5, 5.41) is 3.13. The van der Waals surface area contributed by atoms with Gasteiger partial charge in [0.25, 0.3) is 0 Å². The number of anilines is 1. The zero-order valence-electron chi connectivity index (χ0n) is 19.9. The second kappa shape index (κ2) is 10.2. The van der Waals surface area contributed by atoms with Gasteiger partial charge in [-0.1, -0.05) is 31.0 Å². The average molecular weight is 512 g/mol. The predicted octanol–water partition coefficient (Wildman–Crippen LogP) is 3.23. The molecule has 0 unspecified atom stereocenters. The monoisotopic (exact) mass is 511 g/mol. The van der Waals surface area contributed by atoms with Crippen LogP contribution in [0.3, 0.4) is 0 Å². The van der Waals surface area contributed by atoms with Crippen LogP contribution in [0.4, 0.5) is 5.69 Å². The van der Waals surface area contributed by atoms with Crippen LogP contribution in [0.2, 0.25) is 0 Å². The first kappa shape index (κ1) is 24.2. The minimum atomic E-state index is -3.98. The van der Waals surface area contributed by atoms with Crippen LogP contribution in [0.25, 0.3) is 10.9 Å². The molecule has 5 rings (SSSR count). The summed E-state index contributed by atoms with van der Waals surface area (Å²) in [6, 6.07) is 12.0. The lowest BCUT2D eigenvalue weighted by molar-refractivity contribution is -0.131. The van der Waals surface area contributed by atoms with E-state index in [9.17, 15) is 18.0 Å². The highest BCUT2D eigenvalue weighted by Crippen LogP contribution is 2.33. The summed E-state index contributed by atoms with van der Waals surface area (Å²) in [6.45, 7) is 2.36. The van der Waals surface area contributed by atoms with Gasteiger partial charge in [-0.15, -0.1) is 0 Å². The molecule has 1 fully saturated rings. The number of ether oxygens (including phenoxy) is 2. The van der Waals surface area contributed by atoms with Gasteiger partial charge in [0, 0.05) is 41.9 Å². The standard InChI is InChI=1S/C26H29N3O6S/c30-25(27-19-9-10-22-23(15-19)35-14-13-34-22)18-36(32,33)24-16-29(21-8-4-3-7-20(21)24)17-26(31)28-11-5-1-2-6-12-28/h3-4,7-10,15-16H,1-2,5-6,11-14,17-18H2,(H,27,30). The van der Waals surface area contributed by atoms with Crippen molar-refractivity contribution in [1.82, 2.24) is 9.47 Å². The number of carbonyl (C=O) groups excluding carboxylic acids is 2. The van der Waals surface area contributed by atoms with Gasteiger partial charge in [0.1, 0.15) is 25.5 Å². The van der Waals surface area contributed by atoms with Gasteiger partial charge in [-0.3, -0.25) is 9.59 Å². The Morgan fingerprint density at radius 1 is 0.917 bits per heavy atom. The Kier molecular flexibility index (Phi) is 6.86. The molecule has 0 radical (unpaired) electrons. The van der Waals surface area contributed by atoms with Crippen molar-refractivity contribution >= 4 is 38.2 Å². The predicted molar refractivity (Wildman–Crippen MR) is 135 cm³/mol. The van der Waals surface area contributed by atoms with Crippen molar-refractivity contribution in [3.63, 3.8) is 0 Å². The number of nitrogens with zero attached hydrogens (tertiary/aromatic N) is 2. The number of carbonyl (C=O) groups is 2. The Morgan fingerprint density at radius 3 is 2.42 bits per heavy atom. The van der Waals surface area contributed by atoms with Crippen LogP contribution in [-0.2, 0) is 26.0 Å². The van der Waals surface area contributed by atoms with E-state index >= 15 is 0 Å². The second-order valence-corrected chi connectivity index (χ2v) is 11.1. The topological polar surface area (TPSA) is 107 Å². The Labute approximate surface area is 209 Å². The molecule has 1 N–H and O–H groups in total. The van der Waals surface area contributed by atoms with Crippen molar-refractivity contribution in [1.29, 1.82) is 0 Å². The molecule has 0 bridgehead atoms. The first-order chi connectivity index (χ1) is 17.4. The molecule has 0 aliphatic carbocycles. The molecule has 36 heavy (non-hydrogen) atoms. The minimum absolute atomic E-state index is 0.0297. The molecule has 1 saturated heterocycles. The van der Waals surface area contributed by atoms with Crippen molar-refractivity contribution in [3.8, 4) is 11.5 Å². The first-order valence-electron chi connectivity index (χ1n) is 12.2. The average Bonchev–Trinajstić information content (AvgIpc) is 3.03. The molecular formula is C26H29N3O6S. The number of hydrogen-bond donors (Lipinski definition) is 1. The lowest BCUT2D eigenvalue weighted by Crippen LogP contribution is -2.34. The van der Waals surface area contributed by atoms with Crippen LogP contribution in [0.5, 0.6) is 11.5 Å². The maximum atomic E-state index is 13.3. The molecule has 2 amide bonds. The zero-order valence-corrected chi connectivity index (χ0v) is 20.8. The molecule has 2 aliphatic rings. The SMILES string of the molecule is O=C(CS(=O)(=O)c1cn(CC(=O)N2CCCCCC2)c2ccccc12)Nc1ccc2c(c1)OCCO2. The van der Waals surface area contributed by atoms with Crippen LogP contribution >= 0.6 is 0 Å². The van der Waals surface area contributed by atoms with Crippen LogP contribution in [0.1, 0.15) is 25.7 Å². The van der Waals surface area contributed by atoms with Crippen molar-refractivity contribution in [3.05, 3.63) is 48.7 Å². The third-order valence-corrected chi connectivity index (χ3v) is 8.14. The highest BCUT2D eigenvalue weighted by molar-refractivity contribution is 7.92. The van der Waals surface area contributed by atoms with Gasteiger partial charge in [0.2, 0.25) is 11.8 Å². The van der Waals surface area contributed by atoms with Gasteiger partial charge in [-0.2, -0.15) is 0 Å². The van der Waals surface area contributed by atoms with Gasteiger partial charge in [0.05, 0.1) is 4.90 Å². The van der Waals surface area contributed by atoms with Crippen LogP contribution in [-0.4, -0.2) is 61.8 Å². The van der Waals surface area contributed by atoms with Gasteiger partial charge >= 0.3 is 0 Å². The number of aromatic nitrogens is 1. The van der Waals surface area contributed by atoms with Crippen molar-refractivity contribution in [2.45, 2.75) is 37.1 Å². The largest absolute Gasteiger partial charge is 0.486 e. The molecule has 190 valence electrons. The number of sulfone groups is 1. The van der Waals surface area contributed by atoms with E-state index in [4.69, 9.17) is 9.47 Å². The van der Waals surface area contributed by atoms with Crippen LogP contribution in [0, 0.1) is 0 Å². The van der Waals surface area contributed by atoms with Gasteiger partial charge < -0.3 is 24.3 Å². The molecule has 9 nitrogen and oxygen atoms in total. The molecule has 0 spiro atoms. The Morgan fingerprint density at radius 2 is 1.64 bits per heavy atom. The molecule has 2 aliphatic heterocycles. The third kappa shape index (κ3) is 5.18. The summed E-state index contributed by atoms with van der Waals surface area (Å²) < 4.78 is 39.3. The second-order valence-electron chi connectivity index (χ2n) is 9.10. The van der Waals surface area contributed by atoms with E-state index in [1.54, 1.807) is 47.0 Å². The van der Waals surface area contributed by atoms with E-state index in [1.807, 2.05) is 4.90 Å². The summed E-state index contributed by atoms with van der Waals surface area (Å²) >= 11 is 0. The Hall–Kier alpha value is -3.53. The van der Waals surface area contributed by atoms with Crippen molar-refractivity contribution in [2.75, 3.05) is 37.4 Å². The molecule has 1 aromatic heterocycles. The number of nitrogens with one attached hydrogen (secondary N) is 1.